The molecule has 0 saturated heterocycles. The lowest BCUT2D eigenvalue weighted by Gasteiger charge is -2.29. The molecule has 1 aliphatic heterocycles. The number of benzene rings is 1. The zero-order valence-electron chi connectivity index (χ0n) is 19.2. The van der Waals surface area contributed by atoms with E-state index in [1.54, 1.807) is 46.4 Å². The first-order chi connectivity index (χ1) is 14.7. The monoisotopic (exact) mass is 444 g/mol. The number of non-ortho nitro benzene ring substituents is 1. The summed E-state index contributed by atoms with van der Waals surface area (Å²) in [6.07, 6.45) is 2.70. The summed E-state index contributed by atoms with van der Waals surface area (Å²) in [6, 6.07) is 2.78. The highest BCUT2D eigenvalue weighted by molar-refractivity contribution is 5.97. The Morgan fingerprint density at radius 2 is 1.69 bits per heavy atom. The van der Waals surface area contributed by atoms with Crippen molar-refractivity contribution in [2.45, 2.75) is 59.2 Å². The van der Waals surface area contributed by atoms with Crippen molar-refractivity contribution in [2.24, 2.45) is 0 Å². The van der Waals surface area contributed by atoms with Crippen molar-refractivity contribution in [1.82, 2.24) is 14.7 Å². The summed E-state index contributed by atoms with van der Waals surface area (Å²) in [4.78, 5) is 37.5. The molecule has 0 fully saturated rings. The van der Waals surface area contributed by atoms with E-state index in [2.05, 4.69) is 5.10 Å². The minimum atomic E-state index is -0.740. The third-order valence-corrected chi connectivity index (χ3v) is 4.66. The van der Waals surface area contributed by atoms with Gasteiger partial charge in [-0.15, -0.1) is 0 Å². The van der Waals surface area contributed by atoms with Gasteiger partial charge in [0.15, 0.2) is 0 Å². The fourth-order valence-corrected chi connectivity index (χ4v) is 3.34. The van der Waals surface area contributed by atoms with E-state index in [0.29, 0.717) is 36.0 Å². The molecule has 1 aromatic carbocycles. The summed E-state index contributed by atoms with van der Waals surface area (Å²) < 4.78 is 11.8. The number of nitro benzene ring substituents is 1. The molecule has 0 spiro atoms. The van der Waals surface area contributed by atoms with Gasteiger partial charge in [-0.05, 0) is 59.1 Å². The van der Waals surface area contributed by atoms with Crippen LogP contribution in [-0.2, 0) is 9.47 Å². The van der Waals surface area contributed by atoms with Crippen molar-refractivity contribution in [1.29, 1.82) is 0 Å². The molecule has 10 heteroatoms. The maximum atomic E-state index is 12.6. The molecule has 3 rings (SSSR count). The van der Waals surface area contributed by atoms with Crippen LogP contribution >= 0.6 is 0 Å². The van der Waals surface area contributed by atoms with Crippen LogP contribution in [0.2, 0.25) is 0 Å². The van der Waals surface area contributed by atoms with Gasteiger partial charge in [-0.2, -0.15) is 9.78 Å². The van der Waals surface area contributed by atoms with Crippen LogP contribution in [0.5, 0.6) is 0 Å². The molecule has 0 saturated carbocycles. The minimum absolute atomic E-state index is 0.159. The number of nitrogens with zero attached hydrogens (tertiary/aromatic N) is 4. The molecule has 2 aromatic rings. The Morgan fingerprint density at radius 3 is 2.22 bits per heavy atom. The van der Waals surface area contributed by atoms with Gasteiger partial charge in [-0.3, -0.25) is 10.1 Å². The van der Waals surface area contributed by atoms with Crippen LogP contribution in [0, 0.1) is 10.1 Å². The largest absolute Gasteiger partial charge is 0.444 e. The molecule has 0 unspecified atom stereocenters. The predicted molar refractivity (Wildman–Crippen MR) is 118 cm³/mol. The fourth-order valence-electron chi connectivity index (χ4n) is 3.34. The molecule has 0 bridgehead atoms. The van der Waals surface area contributed by atoms with Crippen LogP contribution < -0.4 is 0 Å². The van der Waals surface area contributed by atoms with Crippen LogP contribution in [0.4, 0.5) is 15.3 Å². The Kier molecular flexibility index (Phi) is 5.99. The van der Waals surface area contributed by atoms with E-state index in [-0.39, 0.29) is 5.69 Å². The first kappa shape index (κ1) is 23.2. The minimum Gasteiger partial charge on any atom is -0.444 e. The summed E-state index contributed by atoms with van der Waals surface area (Å²) >= 11 is 0. The van der Waals surface area contributed by atoms with Crippen LogP contribution in [0.1, 0.15) is 53.5 Å². The SMILES string of the molecule is CC(C)(C)OC(=O)N1CC=C(c2cc([N+](=O)[O-])cc3c2cnn3C(=O)OC(C)(C)C)CC1. The number of hydrogen-bond donors (Lipinski definition) is 0. The Morgan fingerprint density at radius 1 is 1.06 bits per heavy atom. The van der Waals surface area contributed by atoms with Gasteiger partial charge in [0.25, 0.3) is 5.69 Å². The molecule has 10 nitrogen and oxygen atoms in total. The van der Waals surface area contributed by atoms with E-state index in [1.165, 1.54) is 18.3 Å². The molecule has 1 amide bonds. The Hall–Kier alpha value is -3.43. The second-order valence-corrected chi connectivity index (χ2v) is 9.63. The molecule has 32 heavy (non-hydrogen) atoms. The summed E-state index contributed by atoms with van der Waals surface area (Å²) in [7, 11) is 0. The lowest BCUT2D eigenvalue weighted by Crippen LogP contribution is -2.39. The van der Waals surface area contributed by atoms with Crippen LogP contribution in [0.25, 0.3) is 16.5 Å². The van der Waals surface area contributed by atoms with Gasteiger partial charge < -0.3 is 14.4 Å². The predicted octanol–water partition coefficient (Wildman–Crippen LogP) is 4.75. The zero-order chi connectivity index (χ0) is 23.8. The maximum Gasteiger partial charge on any atom is 0.435 e. The number of nitro groups is 1. The van der Waals surface area contributed by atoms with Crippen molar-refractivity contribution in [3.63, 3.8) is 0 Å². The normalized spacial score (nSPS) is 14.8. The number of ether oxygens (including phenoxy) is 2. The van der Waals surface area contributed by atoms with Crippen LogP contribution in [0.3, 0.4) is 0 Å². The number of aromatic nitrogens is 2. The van der Waals surface area contributed by atoms with E-state index in [4.69, 9.17) is 9.47 Å². The third kappa shape index (κ3) is 5.24. The molecule has 0 N–H and O–H groups in total. The molecule has 0 aliphatic carbocycles. The van der Waals surface area contributed by atoms with Gasteiger partial charge in [0, 0.05) is 30.6 Å². The highest BCUT2D eigenvalue weighted by Crippen LogP contribution is 2.33. The van der Waals surface area contributed by atoms with Crippen molar-refractivity contribution < 1.29 is 24.0 Å². The number of rotatable bonds is 2. The van der Waals surface area contributed by atoms with Crippen molar-refractivity contribution in [3.05, 3.63) is 40.1 Å². The van der Waals surface area contributed by atoms with Crippen molar-refractivity contribution in [3.8, 4) is 0 Å². The van der Waals surface area contributed by atoms with Crippen molar-refractivity contribution in [2.75, 3.05) is 13.1 Å². The Bertz CT molecular complexity index is 1100. The van der Waals surface area contributed by atoms with Gasteiger partial charge in [0.05, 0.1) is 16.6 Å². The molecule has 172 valence electrons. The number of amides is 1. The molecular formula is C22H28N4O6. The summed E-state index contributed by atoms with van der Waals surface area (Å²) in [6.45, 7) is 11.3. The van der Waals surface area contributed by atoms with Gasteiger partial charge in [0.1, 0.15) is 11.2 Å². The molecular weight excluding hydrogens is 416 g/mol. The first-order valence-corrected chi connectivity index (χ1v) is 10.3. The lowest BCUT2D eigenvalue weighted by molar-refractivity contribution is -0.384. The summed E-state index contributed by atoms with van der Waals surface area (Å²) in [5.74, 6) is 0. The fraction of sp³-hybridized carbons (Fsp3) is 0.500. The molecule has 0 atom stereocenters. The average molecular weight is 444 g/mol. The van der Waals surface area contributed by atoms with E-state index in [9.17, 15) is 19.7 Å². The van der Waals surface area contributed by atoms with Gasteiger partial charge in [-0.1, -0.05) is 6.08 Å². The molecule has 2 heterocycles. The number of hydrogen-bond acceptors (Lipinski definition) is 7. The van der Waals surface area contributed by atoms with Crippen LogP contribution in [-0.4, -0.2) is 56.1 Å². The summed E-state index contributed by atoms with van der Waals surface area (Å²) in [5.41, 5.74) is 0.238. The van der Waals surface area contributed by atoms with Gasteiger partial charge in [0.2, 0.25) is 0 Å². The highest BCUT2D eigenvalue weighted by atomic mass is 16.6. The molecule has 1 aromatic heterocycles. The van der Waals surface area contributed by atoms with E-state index >= 15 is 0 Å². The smallest absolute Gasteiger partial charge is 0.435 e. The average Bonchev–Trinajstić information content (AvgIpc) is 3.09. The second kappa shape index (κ2) is 8.25. The van der Waals surface area contributed by atoms with Gasteiger partial charge >= 0.3 is 12.2 Å². The van der Waals surface area contributed by atoms with Crippen molar-refractivity contribution >= 4 is 34.3 Å². The third-order valence-electron chi connectivity index (χ3n) is 4.66. The Labute approximate surface area is 185 Å². The number of fused-ring (bicyclic) bond motifs is 1. The molecule has 1 aliphatic rings. The molecule has 0 radical (unpaired) electrons. The lowest BCUT2D eigenvalue weighted by atomic mass is 9.96. The summed E-state index contributed by atoms with van der Waals surface area (Å²) in [5, 5.41) is 16.3. The van der Waals surface area contributed by atoms with Crippen LogP contribution in [0.15, 0.2) is 24.4 Å². The highest BCUT2D eigenvalue weighted by Gasteiger charge is 2.27. The van der Waals surface area contributed by atoms with E-state index in [0.717, 1.165) is 10.3 Å². The zero-order valence-corrected chi connectivity index (χ0v) is 19.2. The maximum absolute atomic E-state index is 12.6. The second-order valence-electron chi connectivity index (χ2n) is 9.63. The number of carbonyl (C=O) groups excluding carboxylic acids is 2. The topological polar surface area (TPSA) is 117 Å². The van der Waals surface area contributed by atoms with Gasteiger partial charge in [-0.25, -0.2) is 9.59 Å². The van der Waals surface area contributed by atoms with E-state index in [1.807, 2.05) is 6.08 Å². The Balaban J connectivity index is 1.97. The first-order valence-electron chi connectivity index (χ1n) is 10.3. The number of carbonyl (C=O) groups is 2. The quantitative estimate of drug-likeness (QED) is 0.484. The standard InChI is InChI=1S/C22H28N4O6/c1-21(2,3)31-19(27)24-9-7-14(8-10-24)16-11-15(26(29)30)12-18-17(16)13-23-25(18)20(28)32-22(4,5)6/h7,11-13H,8-10H2,1-6H3. The van der Waals surface area contributed by atoms with E-state index < -0.39 is 28.3 Å².